The molecule has 1 aliphatic heterocycles. The monoisotopic (exact) mass is 344 g/mol. The number of anilines is 1. The molecule has 0 aromatic carbocycles. The molecule has 3 rings (SSSR count). The minimum absolute atomic E-state index is 0.439. The van der Waals surface area contributed by atoms with Crippen molar-refractivity contribution in [2.45, 2.75) is 43.7 Å². The average molecular weight is 344 g/mol. The van der Waals surface area contributed by atoms with E-state index in [1.54, 1.807) is 6.33 Å². The number of rotatable bonds is 2. The fourth-order valence-corrected chi connectivity index (χ4v) is 3.33. The SMILES string of the molecule is Ic1cncnc1NC1CCNC2(CCC2)C1. The molecular weight excluding hydrogens is 327 g/mol. The van der Waals surface area contributed by atoms with Gasteiger partial charge in [0, 0.05) is 17.8 Å². The first kappa shape index (κ1) is 11.6. The van der Waals surface area contributed by atoms with Gasteiger partial charge in [0.05, 0.1) is 3.57 Å². The van der Waals surface area contributed by atoms with E-state index < -0.39 is 0 Å². The molecule has 1 aromatic rings. The number of piperidine rings is 1. The van der Waals surface area contributed by atoms with Gasteiger partial charge < -0.3 is 10.6 Å². The van der Waals surface area contributed by atoms with Gasteiger partial charge in [-0.2, -0.15) is 0 Å². The van der Waals surface area contributed by atoms with Gasteiger partial charge in [-0.3, -0.25) is 0 Å². The molecule has 1 aliphatic carbocycles. The van der Waals surface area contributed by atoms with Gasteiger partial charge in [-0.25, -0.2) is 9.97 Å². The van der Waals surface area contributed by atoms with E-state index in [1.807, 2.05) is 6.20 Å². The number of nitrogens with one attached hydrogen (secondary N) is 2. The van der Waals surface area contributed by atoms with E-state index in [0.717, 1.165) is 15.9 Å². The van der Waals surface area contributed by atoms with Crippen LogP contribution in [0.3, 0.4) is 0 Å². The fourth-order valence-electron chi connectivity index (χ4n) is 2.88. The number of aromatic nitrogens is 2. The van der Waals surface area contributed by atoms with E-state index in [4.69, 9.17) is 0 Å². The quantitative estimate of drug-likeness (QED) is 0.808. The smallest absolute Gasteiger partial charge is 0.143 e. The van der Waals surface area contributed by atoms with Crippen molar-refractivity contribution in [1.29, 1.82) is 0 Å². The first-order valence-electron chi connectivity index (χ1n) is 6.25. The van der Waals surface area contributed by atoms with Gasteiger partial charge >= 0.3 is 0 Å². The summed E-state index contributed by atoms with van der Waals surface area (Å²) in [6.07, 6.45) is 9.94. The van der Waals surface area contributed by atoms with E-state index in [1.165, 1.54) is 32.1 Å². The van der Waals surface area contributed by atoms with Crippen LogP contribution in [-0.4, -0.2) is 28.1 Å². The van der Waals surface area contributed by atoms with Crippen LogP contribution in [0.4, 0.5) is 5.82 Å². The largest absolute Gasteiger partial charge is 0.366 e. The summed E-state index contributed by atoms with van der Waals surface area (Å²) in [6, 6.07) is 0.556. The predicted octanol–water partition coefficient (Wildman–Crippen LogP) is 2.17. The molecular formula is C12H17IN4. The molecule has 2 fully saturated rings. The van der Waals surface area contributed by atoms with Gasteiger partial charge in [0.25, 0.3) is 0 Å². The van der Waals surface area contributed by atoms with Crippen molar-refractivity contribution in [2.75, 3.05) is 11.9 Å². The van der Waals surface area contributed by atoms with Crippen molar-refractivity contribution in [2.24, 2.45) is 0 Å². The molecule has 1 unspecified atom stereocenters. The highest BCUT2D eigenvalue weighted by molar-refractivity contribution is 14.1. The summed E-state index contributed by atoms with van der Waals surface area (Å²) in [7, 11) is 0. The summed E-state index contributed by atoms with van der Waals surface area (Å²) in [4.78, 5) is 8.34. The third-order valence-electron chi connectivity index (χ3n) is 3.95. The van der Waals surface area contributed by atoms with Gasteiger partial charge in [0.15, 0.2) is 0 Å². The van der Waals surface area contributed by atoms with Crippen LogP contribution in [0.15, 0.2) is 12.5 Å². The topological polar surface area (TPSA) is 49.8 Å². The molecule has 2 heterocycles. The maximum atomic E-state index is 4.31. The molecule has 2 N–H and O–H groups in total. The van der Waals surface area contributed by atoms with Crippen molar-refractivity contribution in [1.82, 2.24) is 15.3 Å². The van der Waals surface area contributed by atoms with E-state index in [0.29, 0.717) is 11.6 Å². The predicted molar refractivity (Wildman–Crippen MR) is 76.0 cm³/mol. The lowest BCUT2D eigenvalue weighted by atomic mass is 9.70. The summed E-state index contributed by atoms with van der Waals surface area (Å²) in [6.45, 7) is 1.12. The van der Waals surface area contributed by atoms with Crippen LogP contribution in [0.2, 0.25) is 0 Å². The lowest BCUT2D eigenvalue weighted by molar-refractivity contribution is 0.135. The molecule has 17 heavy (non-hydrogen) atoms. The third kappa shape index (κ3) is 2.40. The summed E-state index contributed by atoms with van der Waals surface area (Å²) in [5.41, 5.74) is 0.439. The van der Waals surface area contributed by atoms with Crippen molar-refractivity contribution in [3.05, 3.63) is 16.1 Å². The Labute approximate surface area is 115 Å². The molecule has 92 valence electrons. The Morgan fingerprint density at radius 3 is 3.06 bits per heavy atom. The number of halogens is 1. The molecule has 2 aliphatic rings. The van der Waals surface area contributed by atoms with Gasteiger partial charge in [0.2, 0.25) is 0 Å². The van der Waals surface area contributed by atoms with E-state index >= 15 is 0 Å². The van der Waals surface area contributed by atoms with Crippen LogP contribution >= 0.6 is 22.6 Å². The van der Waals surface area contributed by atoms with Crippen LogP contribution in [0.5, 0.6) is 0 Å². The van der Waals surface area contributed by atoms with Crippen LogP contribution in [0.1, 0.15) is 32.1 Å². The van der Waals surface area contributed by atoms with Crippen molar-refractivity contribution in [3.63, 3.8) is 0 Å². The number of nitrogens with zero attached hydrogens (tertiary/aromatic N) is 2. The normalized spacial score (nSPS) is 26.5. The van der Waals surface area contributed by atoms with Crippen LogP contribution in [-0.2, 0) is 0 Å². The maximum absolute atomic E-state index is 4.31. The highest BCUT2D eigenvalue weighted by atomic mass is 127. The lowest BCUT2D eigenvalue weighted by Crippen LogP contribution is -2.58. The Hall–Kier alpha value is -0.430. The molecule has 0 amide bonds. The highest BCUT2D eigenvalue weighted by Gasteiger charge is 2.40. The van der Waals surface area contributed by atoms with Gasteiger partial charge in [-0.05, 0) is 61.2 Å². The van der Waals surface area contributed by atoms with E-state index in [2.05, 4.69) is 43.2 Å². The summed E-state index contributed by atoms with van der Waals surface area (Å²) < 4.78 is 1.10. The molecule has 5 heteroatoms. The fraction of sp³-hybridized carbons (Fsp3) is 0.667. The Balaban J connectivity index is 1.67. The summed E-state index contributed by atoms with van der Waals surface area (Å²) in [5.74, 6) is 0.988. The van der Waals surface area contributed by atoms with Crippen LogP contribution in [0, 0.1) is 3.57 Å². The van der Waals surface area contributed by atoms with Gasteiger partial charge in [-0.15, -0.1) is 0 Å². The maximum Gasteiger partial charge on any atom is 0.143 e. The molecule has 1 spiro atoms. The van der Waals surface area contributed by atoms with Gasteiger partial charge in [0.1, 0.15) is 12.1 Å². The first-order valence-corrected chi connectivity index (χ1v) is 7.32. The zero-order valence-corrected chi connectivity index (χ0v) is 11.9. The first-order chi connectivity index (χ1) is 8.27. The number of hydrogen-bond donors (Lipinski definition) is 2. The molecule has 1 atom stereocenters. The second-order valence-corrected chi connectivity index (χ2v) is 6.28. The minimum atomic E-state index is 0.439. The van der Waals surface area contributed by atoms with Crippen LogP contribution in [0.25, 0.3) is 0 Å². The summed E-state index contributed by atoms with van der Waals surface area (Å²) in [5, 5.41) is 7.26. The van der Waals surface area contributed by atoms with Crippen molar-refractivity contribution >= 4 is 28.4 Å². The van der Waals surface area contributed by atoms with E-state index in [9.17, 15) is 0 Å². The molecule has 0 bridgehead atoms. The highest BCUT2D eigenvalue weighted by Crippen LogP contribution is 2.38. The molecule has 1 aromatic heterocycles. The zero-order chi connectivity index (χ0) is 11.7. The standard InChI is InChI=1S/C12H17IN4/c13-10-7-14-8-15-11(10)17-9-2-5-16-12(6-9)3-1-4-12/h7-9,16H,1-6H2,(H,14,15,17). The Kier molecular flexibility index (Phi) is 3.21. The molecule has 4 nitrogen and oxygen atoms in total. The van der Waals surface area contributed by atoms with Crippen molar-refractivity contribution < 1.29 is 0 Å². The Morgan fingerprint density at radius 1 is 1.47 bits per heavy atom. The van der Waals surface area contributed by atoms with Crippen LogP contribution < -0.4 is 10.6 Å². The lowest BCUT2D eigenvalue weighted by Gasteiger charge is -2.48. The Morgan fingerprint density at radius 2 is 2.35 bits per heavy atom. The minimum Gasteiger partial charge on any atom is -0.366 e. The summed E-state index contributed by atoms with van der Waals surface area (Å²) >= 11 is 2.29. The number of hydrogen-bond acceptors (Lipinski definition) is 4. The second kappa shape index (κ2) is 4.68. The molecule has 1 saturated carbocycles. The van der Waals surface area contributed by atoms with E-state index in [-0.39, 0.29) is 0 Å². The second-order valence-electron chi connectivity index (χ2n) is 5.11. The van der Waals surface area contributed by atoms with Gasteiger partial charge in [-0.1, -0.05) is 0 Å². The van der Waals surface area contributed by atoms with Crippen molar-refractivity contribution in [3.8, 4) is 0 Å². The third-order valence-corrected chi connectivity index (χ3v) is 4.74. The Bertz CT molecular complexity index is 405. The average Bonchev–Trinajstić information content (AvgIpc) is 2.31. The molecule has 0 radical (unpaired) electrons. The molecule has 1 saturated heterocycles. The zero-order valence-electron chi connectivity index (χ0n) is 9.75.